The van der Waals surface area contributed by atoms with Gasteiger partial charge < -0.3 is 119 Å². The molecule has 0 amide bonds. The molecule has 4 heterocycles. The zero-order chi connectivity index (χ0) is 64.2. The molecule has 8 fully saturated rings. The average molecular weight is 1250 g/mol. The first-order chi connectivity index (χ1) is 40.6. The number of aliphatic carboxylic acids is 1. The molecule has 9 rings (SSSR count). The molecule has 0 radical (unpaired) electrons. The number of carbonyl (C=O) groups excluding carboxylic acids is 2. The van der Waals surface area contributed by atoms with Crippen LogP contribution in [0.5, 0.6) is 0 Å². The van der Waals surface area contributed by atoms with E-state index in [1.807, 2.05) is 27.7 Å². The predicted octanol–water partition coefficient (Wildman–Crippen LogP) is -1.83. The Labute approximate surface area is 505 Å². The SMILES string of the molecule is C/C=C(\C)C(=O)O[C@H]1[C@H](OC(C)=O)C(C)(C)CC2C3=CCC4[C@@]5(C)CC[C@H](O[C@@H]6O[C@H](C(=O)O)[C@@H](O)[C@H](O[C@@H]7O[C@H](CO)[C@@H](O)[C@H](O)[C@H]7O[C@@H]7OC[C@@H](O)[C@H](O)[C@H]7O)[C@H]6O[C@@H]6O[C@H](CO)[C@@H](O)[C@H](O)[C@H]6O)C(C)(C)C5CC[C@@]4(C)[C@]3(C)C[C@@H](O)[C@]21CO. The minimum Gasteiger partial charge on any atom is -0.479 e. The van der Waals surface area contributed by atoms with E-state index in [1.165, 1.54) is 6.92 Å². The average Bonchev–Trinajstić information content (AvgIpc) is 0.677. The van der Waals surface area contributed by atoms with Gasteiger partial charge in [0, 0.05) is 17.9 Å². The van der Waals surface area contributed by atoms with Crippen molar-refractivity contribution < 1.29 is 133 Å². The molecule has 14 N–H and O–H groups in total. The molecule has 496 valence electrons. The molecule has 87 heavy (non-hydrogen) atoms. The number of carbonyl (C=O) groups is 3. The summed E-state index contributed by atoms with van der Waals surface area (Å²) in [6, 6.07) is 0. The van der Waals surface area contributed by atoms with E-state index in [1.54, 1.807) is 19.9 Å². The Hall–Kier alpha value is -2.95. The van der Waals surface area contributed by atoms with Crippen LogP contribution in [-0.4, -0.2) is 257 Å². The second kappa shape index (κ2) is 25.2. The van der Waals surface area contributed by atoms with Crippen LogP contribution in [0, 0.1) is 50.2 Å². The standard InChI is InChI=1S/C60H94O27/c1-11-24(2)50(77)87-48-47(79-25(3)64)55(4,5)18-27-26-12-13-32-57(8)16-15-34(56(6,7)31(57)14-17-58(32,9)59(26,10)19-33(66)60(27,48)23-63)82-54-46(86-52-41(73)38(70)36(68)29(20-61)80-52)43(42(74)44(84-54)49(75)76)83-53-45(39(71)37(69)30(21-62)81-53)85-51-40(72)35(67)28(65)22-78-51/h11-12,27-48,51-54,61-63,65-74H,13-23H2,1-10H3,(H,75,76)/b24-11+/t27?,28-,29-,30-,31?,32?,33-,34+,35+,36-,37-,38+,39+,40-,41-,42+,43+,44+,45-,46-,47+,48+,51+,52+,53+,54-,57+,58-,59-,60+/m1/s1. The van der Waals surface area contributed by atoms with E-state index in [9.17, 15) is 85.9 Å². The highest BCUT2D eigenvalue weighted by Crippen LogP contribution is 2.76. The second-order valence-corrected chi connectivity index (χ2v) is 28.1. The fourth-order valence-corrected chi connectivity index (χ4v) is 17.4. The number of carboxylic acid groups (broad SMARTS) is 1. The van der Waals surface area contributed by atoms with E-state index in [0.29, 0.717) is 44.1 Å². The van der Waals surface area contributed by atoms with Gasteiger partial charge in [-0.25, -0.2) is 9.59 Å². The van der Waals surface area contributed by atoms with Crippen molar-refractivity contribution in [2.45, 2.75) is 255 Å². The summed E-state index contributed by atoms with van der Waals surface area (Å²) in [6.45, 7) is 16.2. The van der Waals surface area contributed by atoms with Gasteiger partial charge >= 0.3 is 17.9 Å². The summed E-state index contributed by atoms with van der Waals surface area (Å²) in [6.07, 6.45) is -34.0. The van der Waals surface area contributed by atoms with Crippen LogP contribution in [0.2, 0.25) is 0 Å². The normalized spacial score (nSPS) is 50.5. The molecule has 3 unspecified atom stereocenters. The number of aliphatic hydroxyl groups excluding tert-OH is 13. The molecule has 30 atom stereocenters. The van der Waals surface area contributed by atoms with Gasteiger partial charge in [0.25, 0.3) is 0 Å². The van der Waals surface area contributed by atoms with Crippen molar-refractivity contribution in [3.05, 3.63) is 23.3 Å². The van der Waals surface area contributed by atoms with E-state index in [-0.39, 0.29) is 18.3 Å². The molecule has 27 nitrogen and oxygen atoms in total. The molecule has 0 aromatic heterocycles. The van der Waals surface area contributed by atoms with E-state index < -0.39 is 224 Å². The zero-order valence-electron chi connectivity index (χ0n) is 51.0. The maximum atomic E-state index is 13.7. The van der Waals surface area contributed by atoms with Crippen LogP contribution >= 0.6 is 0 Å². The smallest absolute Gasteiger partial charge is 0.335 e. The molecule has 4 aliphatic heterocycles. The quantitative estimate of drug-likeness (QED) is 0.0371. The Balaban J connectivity index is 1.05. The lowest BCUT2D eigenvalue weighted by atomic mass is 9.33. The lowest BCUT2D eigenvalue weighted by molar-refractivity contribution is -0.405. The summed E-state index contributed by atoms with van der Waals surface area (Å²) in [4.78, 5) is 39.7. The van der Waals surface area contributed by atoms with Gasteiger partial charge in [-0.15, -0.1) is 0 Å². The molecule has 9 aliphatic rings. The molecule has 0 spiro atoms. The van der Waals surface area contributed by atoms with Gasteiger partial charge in [0.2, 0.25) is 0 Å². The van der Waals surface area contributed by atoms with Gasteiger partial charge in [-0.2, -0.15) is 0 Å². The third-order valence-electron chi connectivity index (χ3n) is 22.6. The van der Waals surface area contributed by atoms with Gasteiger partial charge in [0.1, 0.15) is 91.6 Å². The topological polar surface area (TPSA) is 427 Å². The zero-order valence-corrected chi connectivity index (χ0v) is 51.0. The lowest BCUT2D eigenvalue weighted by Gasteiger charge is -2.72. The van der Waals surface area contributed by atoms with E-state index >= 15 is 0 Å². The van der Waals surface area contributed by atoms with Crippen LogP contribution in [0.25, 0.3) is 0 Å². The monoisotopic (exact) mass is 1250 g/mol. The van der Waals surface area contributed by atoms with Crippen molar-refractivity contribution >= 4 is 17.9 Å². The van der Waals surface area contributed by atoms with E-state index in [2.05, 4.69) is 26.8 Å². The second-order valence-electron chi connectivity index (χ2n) is 28.1. The maximum absolute atomic E-state index is 13.7. The predicted molar refractivity (Wildman–Crippen MR) is 294 cm³/mol. The van der Waals surface area contributed by atoms with Gasteiger partial charge in [0.05, 0.1) is 44.1 Å². The van der Waals surface area contributed by atoms with Crippen LogP contribution in [0.4, 0.5) is 0 Å². The highest BCUT2D eigenvalue weighted by Gasteiger charge is 2.74. The summed E-state index contributed by atoms with van der Waals surface area (Å²) in [5.74, 6) is -3.67. The van der Waals surface area contributed by atoms with Crippen molar-refractivity contribution in [1.82, 2.24) is 0 Å². The lowest BCUT2D eigenvalue weighted by Crippen LogP contribution is -2.72. The fraction of sp³-hybridized carbons (Fsp3) is 0.883. The first-order valence-corrected chi connectivity index (χ1v) is 30.4. The Morgan fingerprint density at radius 1 is 0.632 bits per heavy atom. The largest absolute Gasteiger partial charge is 0.479 e. The molecule has 0 aromatic carbocycles. The summed E-state index contributed by atoms with van der Waals surface area (Å²) >= 11 is 0. The first-order valence-electron chi connectivity index (χ1n) is 30.4. The number of ether oxygens (including phenoxy) is 10. The highest BCUT2D eigenvalue weighted by atomic mass is 16.8. The summed E-state index contributed by atoms with van der Waals surface area (Å²) < 4.78 is 61.1. The maximum Gasteiger partial charge on any atom is 0.335 e. The highest BCUT2D eigenvalue weighted by molar-refractivity contribution is 5.88. The molecular formula is C60H94O27. The summed E-state index contributed by atoms with van der Waals surface area (Å²) in [5.41, 5.74) is -3.36. The van der Waals surface area contributed by atoms with Crippen molar-refractivity contribution in [3.63, 3.8) is 0 Å². The third-order valence-corrected chi connectivity index (χ3v) is 22.6. The molecule has 0 bridgehead atoms. The van der Waals surface area contributed by atoms with E-state index in [0.717, 1.165) is 5.57 Å². The third kappa shape index (κ3) is 11.4. The Morgan fingerprint density at radius 3 is 1.84 bits per heavy atom. The van der Waals surface area contributed by atoms with E-state index in [4.69, 9.17) is 47.4 Å². The van der Waals surface area contributed by atoms with Crippen molar-refractivity contribution in [2.75, 3.05) is 26.4 Å². The molecule has 5 aliphatic carbocycles. The van der Waals surface area contributed by atoms with Crippen molar-refractivity contribution in [3.8, 4) is 0 Å². The molecular weight excluding hydrogens is 1150 g/mol. The van der Waals surface area contributed by atoms with Gasteiger partial charge in [-0.1, -0.05) is 66.2 Å². The number of fused-ring (bicyclic) bond motifs is 7. The van der Waals surface area contributed by atoms with Gasteiger partial charge in [-0.3, -0.25) is 4.79 Å². The number of carboxylic acids is 1. The Bertz CT molecular complexity index is 2550. The van der Waals surface area contributed by atoms with Crippen LogP contribution < -0.4 is 0 Å². The first kappa shape index (κ1) is 68.4. The van der Waals surface area contributed by atoms with Crippen LogP contribution in [0.3, 0.4) is 0 Å². The summed E-state index contributed by atoms with van der Waals surface area (Å²) in [5, 5.41) is 155. The number of hydrogen-bond donors (Lipinski definition) is 14. The number of hydrogen-bond acceptors (Lipinski definition) is 26. The Morgan fingerprint density at radius 2 is 1.23 bits per heavy atom. The van der Waals surface area contributed by atoms with Gasteiger partial charge in [-0.05, 0) is 98.2 Å². The number of aliphatic hydroxyl groups is 13. The van der Waals surface area contributed by atoms with Crippen LogP contribution in [0.15, 0.2) is 23.3 Å². The molecule has 27 heteroatoms. The van der Waals surface area contributed by atoms with Crippen LogP contribution in [0.1, 0.15) is 114 Å². The molecule has 4 saturated heterocycles. The van der Waals surface area contributed by atoms with Crippen LogP contribution in [-0.2, 0) is 61.8 Å². The molecule has 0 aromatic rings. The Kier molecular flexibility index (Phi) is 19.8. The van der Waals surface area contributed by atoms with Gasteiger partial charge in [0.15, 0.2) is 37.4 Å². The minimum atomic E-state index is -2.28. The summed E-state index contributed by atoms with van der Waals surface area (Å²) in [7, 11) is 0. The minimum absolute atomic E-state index is 0.0313. The molecule has 4 saturated carbocycles. The van der Waals surface area contributed by atoms with Crippen molar-refractivity contribution in [1.29, 1.82) is 0 Å². The number of allylic oxidation sites excluding steroid dienone is 3. The fourth-order valence-electron chi connectivity index (χ4n) is 17.4. The number of rotatable bonds is 15. The van der Waals surface area contributed by atoms with Crippen molar-refractivity contribution in [2.24, 2.45) is 50.2 Å². The number of esters is 2.